The molecular formula is C18H21N3O3S2. The Labute approximate surface area is 160 Å². The van der Waals surface area contributed by atoms with Crippen LogP contribution in [0.2, 0.25) is 0 Å². The number of rotatable bonds is 3. The van der Waals surface area contributed by atoms with Gasteiger partial charge in [-0.15, -0.1) is 22.7 Å². The number of thiophene rings is 1. The van der Waals surface area contributed by atoms with Gasteiger partial charge in [0, 0.05) is 24.5 Å². The van der Waals surface area contributed by atoms with Crippen LogP contribution in [0.3, 0.4) is 0 Å². The number of amides is 1. The van der Waals surface area contributed by atoms with Crippen molar-refractivity contribution in [2.75, 3.05) is 26.7 Å². The van der Waals surface area contributed by atoms with E-state index in [1.807, 2.05) is 24.6 Å². The minimum Gasteiger partial charge on any atom is -0.481 e. The van der Waals surface area contributed by atoms with Gasteiger partial charge < -0.3 is 14.9 Å². The number of piperidine rings is 2. The number of aliphatic carboxylic acids is 1. The average Bonchev–Trinajstić information content (AvgIpc) is 3.32. The number of carbonyl (C=O) groups is 2. The van der Waals surface area contributed by atoms with Crippen molar-refractivity contribution in [3.8, 4) is 9.88 Å². The highest BCUT2D eigenvalue weighted by molar-refractivity contribution is 7.20. The normalized spacial score (nSPS) is 26.5. The zero-order valence-corrected chi connectivity index (χ0v) is 16.2. The lowest BCUT2D eigenvalue weighted by molar-refractivity contribution is -0.161. The first-order chi connectivity index (χ1) is 12.5. The van der Waals surface area contributed by atoms with E-state index in [0.717, 1.165) is 22.9 Å². The Bertz CT molecular complexity index is 820. The van der Waals surface area contributed by atoms with Gasteiger partial charge in [0.25, 0.3) is 5.91 Å². The third kappa shape index (κ3) is 2.86. The summed E-state index contributed by atoms with van der Waals surface area (Å²) in [5, 5.41) is 14.5. The first-order valence-electron chi connectivity index (χ1n) is 8.73. The lowest BCUT2D eigenvalue weighted by Crippen LogP contribution is -2.63. The topological polar surface area (TPSA) is 73.7 Å². The van der Waals surface area contributed by atoms with Crippen LogP contribution in [0.5, 0.6) is 0 Å². The van der Waals surface area contributed by atoms with Gasteiger partial charge >= 0.3 is 5.97 Å². The van der Waals surface area contributed by atoms with E-state index < -0.39 is 11.4 Å². The molecule has 2 aromatic rings. The summed E-state index contributed by atoms with van der Waals surface area (Å²) in [5.74, 6) is -0.822. The van der Waals surface area contributed by atoms with Gasteiger partial charge in [-0.3, -0.25) is 9.59 Å². The lowest BCUT2D eigenvalue weighted by Gasteiger charge is -2.51. The minimum absolute atomic E-state index is 0.0954. The van der Waals surface area contributed by atoms with Crippen molar-refractivity contribution in [3.05, 3.63) is 28.6 Å². The van der Waals surface area contributed by atoms with Crippen LogP contribution in [-0.2, 0) is 4.79 Å². The molecule has 4 rings (SSSR count). The smallest absolute Gasteiger partial charge is 0.311 e. The summed E-state index contributed by atoms with van der Waals surface area (Å²) in [6.07, 6.45) is 2.09. The van der Waals surface area contributed by atoms with Crippen molar-refractivity contribution in [2.24, 2.45) is 5.41 Å². The maximum atomic E-state index is 12.9. The molecule has 0 radical (unpaired) electrons. The number of nitrogens with zero attached hydrogens (tertiary/aromatic N) is 3. The largest absolute Gasteiger partial charge is 0.481 e. The molecule has 0 spiro atoms. The summed E-state index contributed by atoms with van der Waals surface area (Å²) in [6, 6.07) is 3.83. The predicted octanol–water partition coefficient (Wildman–Crippen LogP) is 2.88. The molecule has 0 aromatic carbocycles. The van der Waals surface area contributed by atoms with Crippen LogP contribution < -0.4 is 0 Å². The first kappa shape index (κ1) is 17.6. The van der Waals surface area contributed by atoms with Crippen LogP contribution in [0.25, 0.3) is 9.88 Å². The molecule has 4 heterocycles. The van der Waals surface area contributed by atoms with Crippen LogP contribution in [0.15, 0.2) is 22.9 Å². The molecule has 26 heavy (non-hydrogen) atoms. The van der Waals surface area contributed by atoms with Crippen molar-refractivity contribution >= 4 is 34.6 Å². The van der Waals surface area contributed by atoms with Crippen LogP contribution in [0.1, 0.15) is 29.8 Å². The lowest BCUT2D eigenvalue weighted by atomic mass is 9.68. The maximum absolute atomic E-state index is 12.9. The van der Waals surface area contributed by atoms with Gasteiger partial charge in [-0.25, -0.2) is 4.98 Å². The number of carboxylic acid groups (broad SMARTS) is 1. The minimum atomic E-state index is -0.728. The van der Waals surface area contributed by atoms with Gasteiger partial charge in [0.1, 0.15) is 10.7 Å². The van der Waals surface area contributed by atoms with E-state index in [0.29, 0.717) is 31.6 Å². The van der Waals surface area contributed by atoms with Crippen molar-refractivity contribution < 1.29 is 14.7 Å². The fourth-order valence-corrected chi connectivity index (χ4v) is 5.82. The van der Waals surface area contributed by atoms with Gasteiger partial charge in [-0.1, -0.05) is 6.07 Å². The van der Waals surface area contributed by atoms with Crippen molar-refractivity contribution in [1.82, 2.24) is 14.8 Å². The first-order valence-corrected chi connectivity index (χ1v) is 10.5. The number of likely N-dealkylation sites (N-methyl/N-ethyl adjacent to an activating group) is 1. The number of carboxylic acids is 1. The molecule has 0 saturated carbocycles. The molecule has 2 aromatic heterocycles. The molecule has 0 bridgehead atoms. The monoisotopic (exact) mass is 391 g/mol. The molecule has 6 nitrogen and oxygen atoms in total. The molecule has 2 atom stereocenters. The van der Waals surface area contributed by atoms with Crippen molar-refractivity contribution in [3.63, 3.8) is 0 Å². The van der Waals surface area contributed by atoms with Crippen molar-refractivity contribution in [2.45, 2.75) is 25.3 Å². The Hall–Kier alpha value is -1.77. The molecule has 2 fully saturated rings. The second-order valence-electron chi connectivity index (χ2n) is 7.08. The number of thiazole rings is 1. The molecule has 2 aliphatic rings. The summed E-state index contributed by atoms with van der Waals surface area (Å²) in [7, 11) is 1.97. The van der Waals surface area contributed by atoms with Gasteiger partial charge in [0.15, 0.2) is 0 Å². The molecule has 1 N–H and O–H groups in total. The Balaban J connectivity index is 1.54. The number of aromatic nitrogens is 1. The SMILES string of the molecule is CN1CCC[C@]2(C(=O)O)CCN(C(=O)c3csc(-c4cccs4)n3)C[C@@H]12. The van der Waals surface area contributed by atoms with E-state index >= 15 is 0 Å². The van der Waals surface area contributed by atoms with Crippen molar-refractivity contribution in [1.29, 1.82) is 0 Å². The molecule has 0 aliphatic carbocycles. The number of likely N-dealkylation sites (tertiary alicyclic amines) is 2. The Kier molecular flexibility index (Phi) is 4.58. The fourth-order valence-electron chi connectivity index (χ4n) is 4.22. The molecule has 8 heteroatoms. The molecule has 1 amide bonds. The third-order valence-electron chi connectivity index (χ3n) is 5.69. The number of fused-ring (bicyclic) bond motifs is 1. The van der Waals surface area contributed by atoms with Gasteiger partial charge in [-0.2, -0.15) is 0 Å². The zero-order chi connectivity index (χ0) is 18.3. The Morgan fingerprint density at radius 3 is 2.88 bits per heavy atom. The molecular weight excluding hydrogens is 370 g/mol. The van der Waals surface area contributed by atoms with Gasteiger partial charge in [0.2, 0.25) is 0 Å². The molecule has 138 valence electrons. The molecule has 0 unspecified atom stereocenters. The van der Waals surface area contributed by atoms with E-state index in [1.54, 1.807) is 21.6 Å². The summed E-state index contributed by atoms with van der Waals surface area (Å²) >= 11 is 3.08. The second kappa shape index (κ2) is 6.75. The maximum Gasteiger partial charge on any atom is 0.311 e. The highest BCUT2D eigenvalue weighted by Gasteiger charge is 2.52. The van der Waals surface area contributed by atoms with E-state index in [-0.39, 0.29) is 11.9 Å². The number of hydrogen-bond donors (Lipinski definition) is 1. The van der Waals surface area contributed by atoms with Crippen LogP contribution >= 0.6 is 22.7 Å². The summed E-state index contributed by atoms with van der Waals surface area (Å²) in [5.41, 5.74) is -0.270. The van der Waals surface area contributed by atoms with Gasteiger partial charge in [0.05, 0.1) is 10.3 Å². The third-order valence-corrected chi connectivity index (χ3v) is 7.57. The quantitative estimate of drug-likeness (QED) is 0.871. The molecule has 2 aliphatic heterocycles. The summed E-state index contributed by atoms with van der Waals surface area (Å²) in [6.45, 7) is 1.80. The summed E-state index contributed by atoms with van der Waals surface area (Å²) in [4.78, 5) is 34.4. The number of carbonyl (C=O) groups excluding carboxylic acids is 1. The highest BCUT2D eigenvalue weighted by atomic mass is 32.1. The number of hydrogen-bond acceptors (Lipinski definition) is 6. The van der Waals surface area contributed by atoms with E-state index in [2.05, 4.69) is 9.88 Å². The van der Waals surface area contributed by atoms with E-state index in [4.69, 9.17) is 0 Å². The Morgan fingerprint density at radius 2 is 2.15 bits per heavy atom. The van der Waals surface area contributed by atoms with Crippen LogP contribution in [0.4, 0.5) is 0 Å². The highest BCUT2D eigenvalue weighted by Crippen LogP contribution is 2.42. The Morgan fingerprint density at radius 1 is 1.31 bits per heavy atom. The standard InChI is InChI=1S/C18H21N3O3S2/c1-20-7-3-5-18(17(23)24)6-8-21(10-14(18)20)16(22)12-11-26-15(19-12)13-4-2-9-25-13/h2,4,9,11,14H,3,5-8,10H2,1H3,(H,23,24)/t14-,18+/m1/s1. The fraction of sp³-hybridized carbons (Fsp3) is 0.500. The predicted molar refractivity (Wildman–Crippen MR) is 102 cm³/mol. The van der Waals surface area contributed by atoms with E-state index in [1.165, 1.54) is 11.3 Å². The van der Waals surface area contributed by atoms with Crippen LogP contribution in [0, 0.1) is 5.41 Å². The molecule has 2 saturated heterocycles. The summed E-state index contributed by atoms with van der Waals surface area (Å²) < 4.78 is 0. The second-order valence-corrected chi connectivity index (χ2v) is 8.88. The average molecular weight is 392 g/mol. The van der Waals surface area contributed by atoms with E-state index in [9.17, 15) is 14.7 Å². The van der Waals surface area contributed by atoms with Crippen LogP contribution in [-0.4, -0.2) is 64.5 Å². The van der Waals surface area contributed by atoms with Gasteiger partial charge in [-0.05, 0) is 44.3 Å². The zero-order valence-electron chi connectivity index (χ0n) is 14.6.